The van der Waals surface area contributed by atoms with Gasteiger partial charge in [-0.3, -0.25) is 20.4 Å². The normalized spacial score (nSPS) is 9.88. The van der Waals surface area contributed by atoms with Crippen LogP contribution in [-0.4, -0.2) is 16.9 Å². The van der Waals surface area contributed by atoms with E-state index in [9.17, 15) is 9.59 Å². The van der Waals surface area contributed by atoms with E-state index < -0.39 is 11.8 Å². The number of rotatable bonds is 2. The Labute approximate surface area is 99.8 Å². The summed E-state index contributed by atoms with van der Waals surface area (Å²) in [5.41, 5.74) is 4.39. The first kappa shape index (κ1) is 11.2. The summed E-state index contributed by atoms with van der Waals surface area (Å²) >= 11 is 1.07. The zero-order valence-electron chi connectivity index (χ0n) is 8.47. The van der Waals surface area contributed by atoms with Crippen molar-refractivity contribution in [2.75, 3.05) is 0 Å². The van der Waals surface area contributed by atoms with E-state index in [2.05, 4.69) is 10.9 Å². The molecule has 0 unspecified atom stereocenters. The lowest BCUT2D eigenvalue weighted by molar-refractivity contribution is 0.0833. The fourth-order valence-electron chi connectivity index (χ4n) is 1.09. The van der Waals surface area contributed by atoms with Gasteiger partial charge < -0.3 is 9.52 Å². The molecule has 17 heavy (non-hydrogen) atoms. The molecule has 3 N–H and O–H groups in total. The molecule has 0 bridgehead atoms. The molecule has 0 radical (unpaired) electrons. The van der Waals surface area contributed by atoms with Crippen molar-refractivity contribution in [3.63, 3.8) is 0 Å². The molecule has 7 heteroatoms. The number of amides is 2. The summed E-state index contributed by atoms with van der Waals surface area (Å²) in [4.78, 5) is 23.1. The van der Waals surface area contributed by atoms with Crippen molar-refractivity contribution in [1.29, 1.82) is 0 Å². The lowest BCUT2D eigenvalue weighted by atomic mass is 10.4. The second kappa shape index (κ2) is 4.71. The van der Waals surface area contributed by atoms with Gasteiger partial charge in [0.05, 0.1) is 11.1 Å². The third-order valence-corrected chi connectivity index (χ3v) is 2.76. The highest BCUT2D eigenvalue weighted by Gasteiger charge is 2.12. The van der Waals surface area contributed by atoms with Gasteiger partial charge in [0.1, 0.15) is 5.75 Å². The predicted molar refractivity (Wildman–Crippen MR) is 59.6 cm³/mol. The van der Waals surface area contributed by atoms with Gasteiger partial charge >= 0.3 is 5.91 Å². The van der Waals surface area contributed by atoms with Crippen molar-refractivity contribution in [3.05, 3.63) is 40.5 Å². The summed E-state index contributed by atoms with van der Waals surface area (Å²) in [5, 5.41) is 10.5. The molecule has 6 nitrogen and oxygen atoms in total. The molecule has 2 amide bonds. The van der Waals surface area contributed by atoms with Gasteiger partial charge in [-0.15, -0.1) is 11.3 Å². The van der Waals surface area contributed by atoms with Gasteiger partial charge in [-0.25, -0.2) is 0 Å². The topological polar surface area (TPSA) is 91.6 Å². The summed E-state index contributed by atoms with van der Waals surface area (Å²) in [6.45, 7) is 0. The van der Waals surface area contributed by atoms with Crippen LogP contribution in [0.5, 0.6) is 5.75 Å². The number of carbonyl (C=O) groups is 2. The van der Waals surface area contributed by atoms with E-state index in [1.807, 2.05) is 0 Å². The van der Waals surface area contributed by atoms with E-state index in [0.717, 1.165) is 11.3 Å². The predicted octanol–water partition coefficient (Wildman–Crippen LogP) is 1.12. The highest BCUT2D eigenvalue weighted by Crippen LogP contribution is 2.19. The Hall–Kier alpha value is -2.28. The third kappa shape index (κ3) is 2.64. The maximum atomic E-state index is 11.5. The van der Waals surface area contributed by atoms with Crippen LogP contribution in [0.15, 0.2) is 34.3 Å². The zero-order valence-corrected chi connectivity index (χ0v) is 9.28. The summed E-state index contributed by atoms with van der Waals surface area (Å²) < 4.78 is 4.84. The number of carbonyl (C=O) groups excluding carboxylic acids is 2. The molecule has 2 aromatic rings. The second-order valence-corrected chi connectivity index (χ2v) is 3.97. The van der Waals surface area contributed by atoms with Crippen LogP contribution in [0, 0.1) is 0 Å². The molecular formula is C10H8N2O4S. The molecule has 0 fully saturated rings. The molecule has 0 aliphatic heterocycles. The van der Waals surface area contributed by atoms with Gasteiger partial charge in [0, 0.05) is 11.4 Å². The Morgan fingerprint density at radius 3 is 2.65 bits per heavy atom. The first-order chi connectivity index (χ1) is 8.16. The number of aromatic hydroxyl groups is 1. The number of hydrogen-bond donors (Lipinski definition) is 3. The van der Waals surface area contributed by atoms with Crippen molar-refractivity contribution < 1.29 is 19.1 Å². The number of thiophene rings is 1. The molecule has 2 aromatic heterocycles. The Morgan fingerprint density at radius 1 is 1.29 bits per heavy atom. The lowest BCUT2D eigenvalue weighted by Gasteiger charge is -2.03. The average Bonchev–Trinajstić information content (AvgIpc) is 2.95. The summed E-state index contributed by atoms with van der Waals surface area (Å²) in [7, 11) is 0. The third-order valence-electron chi connectivity index (χ3n) is 1.84. The smallest absolute Gasteiger partial charge is 0.305 e. The Kier molecular flexibility index (Phi) is 3.10. The minimum atomic E-state index is -0.552. The molecule has 0 saturated heterocycles. The standard InChI is InChI=1S/C10H8N2O4S/c13-6-4-8(17-5-6)10(15)12-11-9(14)7-2-1-3-16-7/h1-5,13H,(H,11,14)(H,12,15). The fraction of sp³-hybridized carbons (Fsp3) is 0. The summed E-state index contributed by atoms with van der Waals surface area (Å²) in [6.07, 6.45) is 1.36. The molecule has 88 valence electrons. The van der Waals surface area contributed by atoms with Crippen LogP contribution < -0.4 is 10.9 Å². The molecular weight excluding hydrogens is 244 g/mol. The number of furan rings is 1. The fourth-order valence-corrected chi connectivity index (χ4v) is 1.75. The molecule has 2 heterocycles. The summed E-state index contributed by atoms with van der Waals surface area (Å²) in [5.74, 6) is -0.948. The van der Waals surface area contributed by atoms with Crippen LogP contribution in [0.3, 0.4) is 0 Å². The zero-order chi connectivity index (χ0) is 12.3. The van der Waals surface area contributed by atoms with Crippen LogP contribution in [0.2, 0.25) is 0 Å². The van der Waals surface area contributed by atoms with E-state index >= 15 is 0 Å². The van der Waals surface area contributed by atoms with Crippen LogP contribution in [0.4, 0.5) is 0 Å². The highest BCUT2D eigenvalue weighted by atomic mass is 32.1. The lowest BCUT2D eigenvalue weighted by Crippen LogP contribution is -2.41. The van der Waals surface area contributed by atoms with Gasteiger partial charge in [0.25, 0.3) is 5.91 Å². The van der Waals surface area contributed by atoms with E-state index in [1.54, 1.807) is 6.07 Å². The van der Waals surface area contributed by atoms with Crippen molar-refractivity contribution in [2.45, 2.75) is 0 Å². The van der Waals surface area contributed by atoms with E-state index in [-0.39, 0.29) is 11.5 Å². The summed E-state index contributed by atoms with van der Waals surface area (Å²) in [6, 6.07) is 4.34. The Morgan fingerprint density at radius 2 is 2.06 bits per heavy atom. The maximum absolute atomic E-state index is 11.5. The molecule has 0 aliphatic carbocycles. The van der Waals surface area contributed by atoms with Gasteiger partial charge in [0.15, 0.2) is 5.76 Å². The number of hydrogen-bond acceptors (Lipinski definition) is 5. The molecule has 0 atom stereocenters. The maximum Gasteiger partial charge on any atom is 0.305 e. The van der Waals surface area contributed by atoms with Crippen LogP contribution in [-0.2, 0) is 0 Å². The van der Waals surface area contributed by atoms with Crippen molar-refractivity contribution in [2.24, 2.45) is 0 Å². The quantitative estimate of drug-likeness (QED) is 0.698. The highest BCUT2D eigenvalue weighted by molar-refractivity contribution is 7.12. The van der Waals surface area contributed by atoms with Crippen molar-refractivity contribution in [3.8, 4) is 5.75 Å². The second-order valence-electron chi connectivity index (χ2n) is 3.05. The number of nitrogens with one attached hydrogen (secondary N) is 2. The van der Waals surface area contributed by atoms with Gasteiger partial charge in [-0.05, 0) is 12.1 Å². The van der Waals surface area contributed by atoms with Gasteiger partial charge in [0.2, 0.25) is 0 Å². The minimum Gasteiger partial charge on any atom is -0.507 e. The van der Waals surface area contributed by atoms with E-state index in [0.29, 0.717) is 4.88 Å². The molecule has 0 aliphatic rings. The molecule has 0 spiro atoms. The van der Waals surface area contributed by atoms with Crippen molar-refractivity contribution in [1.82, 2.24) is 10.9 Å². The molecule has 0 aromatic carbocycles. The van der Waals surface area contributed by atoms with Crippen LogP contribution >= 0.6 is 11.3 Å². The van der Waals surface area contributed by atoms with Gasteiger partial charge in [-0.2, -0.15) is 0 Å². The first-order valence-electron chi connectivity index (χ1n) is 4.58. The Balaban J connectivity index is 1.91. The Bertz CT molecular complexity index is 532. The van der Waals surface area contributed by atoms with E-state index in [1.165, 1.54) is 23.8 Å². The molecule has 2 rings (SSSR count). The molecule has 0 saturated carbocycles. The van der Waals surface area contributed by atoms with Gasteiger partial charge in [-0.1, -0.05) is 0 Å². The average molecular weight is 252 g/mol. The van der Waals surface area contributed by atoms with Crippen LogP contribution in [0.1, 0.15) is 20.2 Å². The SMILES string of the molecule is O=C(NNC(=O)c1cc(O)cs1)c1ccco1. The largest absolute Gasteiger partial charge is 0.507 e. The van der Waals surface area contributed by atoms with Crippen LogP contribution in [0.25, 0.3) is 0 Å². The number of hydrazine groups is 1. The first-order valence-corrected chi connectivity index (χ1v) is 5.46. The van der Waals surface area contributed by atoms with Crippen molar-refractivity contribution >= 4 is 23.2 Å². The van der Waals surface area contributed by atoms with E-state index in [4.69, 9.17) is 9.52 Å². The minimum absolute atomic E-state index is 0.0116. The monoisotopic (exact) mass is 252 g/mol.